The summed E-state index contributed by atoms with van der Waals surface area (Å²) in [6, 6.07) is 4.96. The molecular weight excluding hydrogens is 289 g/mol. The first-order valence-electron chi connectivity index (χ1n) is 6.15. The van der Waals surface area contributed by atoms with Gasteiger partial charge in [-0.05, 0) is 18.6 Å². The van der Waals surface area contributed by atoms with Gasteiger partial charge in [0.25, 0.3) is 0 Å². The largest absolute Gasteiger partial charge is 0.396 e. The molecule has 0 aromatic heterocycles. The fraction of sp³-hybridized carbons (Fsp3) is 0.538. The molecule has 1 aromatic rings. The van der Waals surface area contributed by atoms with Crippen LogP contribution in [0.4, 0.5) is 0 Å². The third kappa shape index (κ3) is 5.65. The van der Waals surface area contributed by atoms with Gasteiger partial charge in [0.05, 0.1) is 12.7 Å². The SMILES string of the molecule is OCCCN(CCO)CC(O)c1ccc(Cl)cc1Cl. The van der Waals surface area contributed by atoms with E-state index in [1.54, 1.807) is 18.2 Å². The van der Waals surface area contributed by atoms with E-state index in [0.717, 1.165) is 0 Å². The van der Waals surface area contributed by atoms with Crippen LogP contribution < -0.4 is 0 Å². The Morgan fingerprint density at radius 2 is 1.84 bits per heavy atom. The molecule has 0 bridgehead atoms. The second-order valence-electron chi connectivity index (χ2n) is 4.28. The van der Waals surface area contributed by atoms with E-state index in [1.165, 1.54) is 0 Å². The van der Waals surface area contributed by atoms with E-state index in [-0.39, 0.29) is 13.2 Å². The van der Waals surface area contributed by atoms with Crippen molar-refractivity contribution in [1.29, 1.82) is 0 Å². The summed E-state index contributed by atoms with van der Waals surface area (Å²) in [6.45, 7) is 1.50. The van der Waals surface area contributed by atoms with Gasteiger partial charge in [-0.3, -0.25) is 4.90 Å². The number of nitrogens with zero attached hydrogens (tertiary/aromatic N) is 1. The Labute approximate surface area is 123 Å². The summed E-state index contributed by atoms with van der Waals surface area (Å²) in [4.78, 5) is 1.88. The van der Waals surface area contributed by atoms with Crippen molar-refractivity contribution in [1.82, 2.24) is 4.90 Å². The molecule has 0 saturated heterocycles. The van der Waals surface area contributed by atoms with Crippen molar-refractivity contribution in [3.63, 3.8) is 0 Å². The second-order valence-corrected chi connectivity index (χ2v) is 5.13. The van der Waals surface area contributed by atoms with Gasteiger partial charge >= 0.3 is 0 Å². The van der Waals surface area contributed by atoms with Crippen LogP contribution in [0.5, 0.6) is 0 Å². The topological polar surface area (TPSA) is 63.9 Å². The summed E-state index contributed by atoms with van der Waals surface area (Å²) in [6.07, 6.45) is -0.156. The Morgan fingerprint density at radius 1 is 1.11 bits per heavy atom. The first kappa shape index (κ1) is 16.7. The first-order valence-corrected chi connectivity index (χ1v) is 6.91. The van der Waals surface area contributed by atoms with Crippen molar-refractivity contribution in [3.8, 4) is 0 Å². The molecule has 0 aliphatic rings. The molecule has 0 amide bonds. The summed E-state index contributed by atoms with van der Waals surface area (Å²) in [7, 11) is 0. The standard InChI is InChI=1S/C13H19Cl2NO3/c14-10-2-3-11(12(15)8-10)13(19)9-16(5-7-18)4-1-6-17/h2-3,8,13,17-19H,1,4-7,9H2. The molecular formula is C13H19Cl2NO3. The van der Waals surface area contributed by atoms with Crippen molar-refractivity contribution < 1.29 is 15.3 Å². The molecule has 0 spiro atoms. The van der Waals surface area contributed by atoms with Crippen LogP contribution in [-0.4, -0.2) is 53.1 Å². The van der Waals surface area contributed by atoms with Crippen molar-refractivity contribution in [3.05, 3.63) is 33.8 Å². The Balaban J connectivity index is 2.66. The average molecular weight is 308 g/mol. The molecule has 0 fully saturated rings. The highest BCUT2D eigenvalue weighted by Gasteiger charge is 2.16. The van der Waals surface area contributed by atoms with Gasteiger partial charge in [0, 0.05) is 41.8 Å². The van der Waals surface area contributed by atoms with Gasteiger partial charge in [-0.2, -0.15) is 0 Å². The molecule has 19 heavy (non-hydrogen) atoms. The molecule has 1 atom stereocenters. The molecule has 3 N–H and O–H groups in total. The molecule has 0 aliphatic heterocycles. The Morgan fingerprint density at radius 3 is 2.42 bits per heavy atom. The van der Waals surface area contributed by atoms with Gasteiger partial charge in [0.2, 0.25) is 0 Å². The van der Waals surface area contributed by atoms with Crippen LogP contribution in [0.15, 0.2) is 18.2 Å². The predicted octanol–water partition coefficient (Wildman–Crippen LogP) is 1.70. The average Bonchev–Trinajstić information content (AvgIpc) is 2.36. The number of aliphatic hydroxyl groups is 3. The zero-order valence-corrected chi connectivity index (χ0v) is 12.1. The van der Waals surface area contributed by atoms with Crippen molar-refractivity contribution in [2.24, 2.45) is 0 Å². The van der Waals surface area contributed by atoms with Crippen LogP contribution in [-0.2, 0) is 0 Å². The number of halogens is 2. The van der Waals surface area contributed by atoms with E-state index in [9.17, 15) is 5.11 Å². The lowest BCUT2D eigenvalue weighted by molar-refractivity contribution is 0.0951. The number of benzene rings is 1. The van der Waals surface area contributed by atoms with Crippen molar-refractivity contribution in [2.45, 2.75) is 12.5 Å². The molecule has 1 unspecified atom stereocenters. The first-order chi connectivity index (χ1) is 9.08. The lowest BCUT2D eigenvalue weighted by Crippen LogP contribution is -2.32. The van der Waals surface area contributed by atoms with Crippen LogP contribution in [0.1, 0.15) is 18.1 Å². The quantitative estimate of drug-likeness (QED) is 0.684. The van der Waals surface area contributed by atoms with Gasteiger partial charge < -0.3 is 15.3 Å². The summed E-state index contributed by atoms with van der Waals surface area (Å²) >= 11 is 11.8. The van der Waals surface area contributed by atoms with Gasteiger partial charge in [-0.15, -0.1) is 0 Å². The molecule has 0 saturated carbocycles. The molecule has 4 nitrogen and oxygen atoms in total. The Kier molecular flexibility index (Phi) is 7.68. The minimum Gasteiger partial charge on any atom is -0.396 e. The molecule has 0 aliphatic carbocycles. The maximum atomic E-state index is 10.2. The van der Waals surface area contributed by atoms with Gasteiger partial charge in [-0.25, -0.2) is 0 Å². The number of rotatable bonds is 8. The maximum absolute atomic E-state index is 10.2. The zero-order chi connectivity index (χ0) is 14.3. The summed E-state index contributed by atoms with van der Waals surface area (Å²) in [5.74, 6) is 0. The van der Waals surface area contributed by atoms with Crippen LogP contribution in [0.3, 0.4) is 0 Å². The molecule has 0 radical (unpaired) electrons. The molecule has 0 heterocycles. The van der Waals surface area contributed by atoms with Crippen molar-refractivity contribution in [2.75, 3.05) is 32.8 Å². The van der Waals surface area contributed by atoms with Gasteiger partial charge in [0.1, 0.15) is 0 Å². The molecule has 108 valence electrons. The third-order valence-electron chi connectivity index (χ3n) is 2.80. The van der Waals surface area contributed by atoms with E-state index in [4.69, 9.17) is 33.4 Å². The highest BCUT2D eigenvalue weighted by molar-refractivity contribution is 6.35. The normalized spacial score (nSPS) is 12.9. The summed E-state index contributed by atoms with van der Waals surface area (Å²) < 4.78 is 0. The fourth-order valence-electron chi connectivity index (χ4n) is 1.84. The second kappa shape index (κ2) is 8.74. The Bertz CT molecular complexity index is 390. The number of hydrogen-bond donors (Lipinski definition) is 3. The van der Waals surface area contributed by atoms with E-state index >= 15 is 0 Å². The van der Waals surface area contributed by atoms with Crippen LogP contribution in [0.25, 0.3) is 0 Å². The number of hydrogen-bond acceptors (Lipinski definition) is 4. The van der Waals surface area contributed by atoms with Crippen LogP contribution in [0, 0.1) is 0 Å². The lowest BCUT2D eigenvalue weighted by atomic mass is 10.1. The smallest absolute Gasteiger partial charge is 0.0931 e. The van der Waals surface area contributed by atoms with Crippen molar-refractivity contribution >= 4 is 23.2 Å². The monoisotopic (exact) mass is 307 g/mol. The van der Waals surface area contributed by atoms with E-state index < -0.39 is 6.10 Å². The molecule has 1 rings (SSSR count). The minimum atomic E-state index is -0.755. The van der Waals surface area contributed by atoms with Gasteiger partial charge in [-0.1, -0.05) is 29.3 Å². The van der Waals surface area contributed by atoms with E-state index in [0.29, 0.717) is 41.7 Å². The highest BCUT2D eigenvalue weighted by atomic mass is 35.5. The minimum absolute atomic E-state index is 0.00645. The molecule has 1 aromatic carbocycles. The van der Waals surface area contributed by atoms with Gasteiger partial charge in [0.15, 0.2) is 0 Å². The van der Waals surface area contributed by atoms with E-state index in [1.807, 2.05) is 4.90 Å². The Hall–Kier alpha value is -0.360. The highest BCUT2D eigenvalue weighted by Crippen LogP contribution is 2.26. The van der Waals surface area contributed by atoms with E-state index in [2.05, 4.69) is 0 Å². The maximum Gasteiger partial charge on any atom is 0.0931 e. The van der Waals surface area contributed by atoms with Crippen LogP contribution >= 0.6 is 23.2 Å². The predicted molar refractivity (Wildman–Crippen MR) is 76.7 cm³/mol. The summed E-state index contributed by atoms with van der Waals surface area (Å²) in [5.41, 5.74) is 0.609. The lowest BCUT2D eigenvalue weighted by Gasteiger charge is -2.24. The number of aliphatic hydroxyl groups excluding tert-OH is 3. The van der Waals surface area contributed by atoms with Crippen LogP contribution in [0.2, 0.25) is 10.0 Å². The third-order valence-corrected chi connectivity index (χ3v) is 3.36. The zero-order valence-electron chi connectivity index (χ0n) is 10.6. The summed E-state index contributed by atoms with van der Waals surface area (Å²) in [5, 5.41) is 28.9. The fourth-order valence-corrected chi connectivity index (χ4v) is 2.38. The molecule has 6 heteroatoms.